The number of nitrogens with one attached hydrogen (secondary N) is 2. The minimum Gasteiger partial charge on any atom is -0.345 e. The first-order chi connectivity index (χ1) is 13.7. The lowest BCUT2D eigenvalue weighted by atomic mass is 10.0. The molecule has 0 fully saturated rings. The Balaban J connectivity index is 1.97. The predicted octanol–water partition coefficient (Wildman–Crippen LogP) is 4.12. The smallest absolute Gasteiger partial charge is 0.287 e. The van der Waals surface area contributed by atoms with Gasteiger partial charge in [0.25, 0.3) is 11.8 Å². The second kappa shape index (κ2) is 8.39. The van der Waals surface area contributed by atoms with E-state index in [1.807, 2.05) is 43.5 Å². The lowest BCUT2D eigenvalue weighted by Gasteiger charge is -2.22. The van der Waals surface area contributed by atoms with Crippen LogP contribution in [0.15, 0.2) is 18.2 Å². The van der Waals surface area contributed by atoms with Crippen molar-refractivity contribution in [3.8, 4) is 0 Å². The van der Waals surface area contributed by atoms with Crippen molar-refractivity contribution in [3.63, 3.8) is 0 Å². The number of anilines is 1. The molecule has 0 spiro atoms. The molecule has 29 heavy (non-hydrogen) atoms. The molecular weight excluding hydrogens is 364 g/mol. The lowest BCUT2D eigenvalue weighted by Crippen LogP contribution is -2.42. The van der Waals surface area contributed by atoms with E-state index in [1.54, 1.807) is 0 Å². The molecule has 1 aliphatic heterocycles. The maximum Gasteiger partial charge on any atom is 0.287 e. The maximum absolute atomic E-state index is 13.2. The number of fused-ring (bicyclic) bond motifs is 1. The highest BCUT2D eigenvalue weighted by Crippen LogP contribution is 2.26. The summed E-state index contributed by atoms with van der Waals surface area (Å²) >= 11 is 0. The van der Waals surface area contributed by atoms with E-state index >= 15 is 0 Å². The van der Waals surface area contributed by atoms with Gasteiger partial charge in [0.1, 0.15) is 0 Å². The zero-order valence-electron chi connectivity index (χ0n) is 18.2. The predicted molar refractivity (Wildman–Crippen MR) is 116 cm³/mol. The minimum absolute atomic E-state index is 0.233. The van der Waals surface area contributed by atoms with Gasteiger partial charge in [-0.15, -0.1) is 0 Å². The second-order valence-electron chi connectivity index (χ2n) is 8.66. The average Bonchev–Trinajstić information content (AvgIpc) is 3.07. The average molecular weight is 397 g/mol. The SMILES string of the molecule is CCc1cccc(CC)c1NC(=O)c1nc(C(=O)NC(C)(C)C)n2c1CCCC2. The molecule has 0 unspecified atom stereocenters. The molecule has 2 N–H and O–H groups in total. The van der Waals surface area contributed by atoms with E-state index in [2.05, 4.69) is 29.5 Å². The summed E-state index contributed by atoms with van der Waals surface area (Å²) in [6.07, 6.45) is 4.42. The van der Waals surface area contributed by atoms with Crippen molar-refractivity contribution in [2.24, 2.45) is 0 Å². The van der Waals surface area contributed by atoms with E-state index in [0.29, 0.717) is 18.1 Å². The number of carbonyl (C=O) groups is 2. The van der Waals surface area contributed by atoms with Crippen LogP contribution in [-0.2, 0) is 25.8 Å². The van der Waals surface area contributed by atoms with Crippen LogP contribution < -0.4 is 10.6 Å². The topological polar surface area (TPSA) is 76.0 Å². The summed E-state index contributed by atoms with van der Waals surface area (Å²) in [6.45, 7) is 10.7. The molecule has 0 saturated carbocycles. The van der Waals surface area contributed by atoms with Crippen LogP contribution in [0.1, 0.15) is 85.4 Å². The maximum atomic E-state index is 13.2. The third-order valence-corrected chi connectivity index (χ3v) is 5.26. The number of carbonyl (C=O) groups excluding carboxylic acids is 2. The van der Waals surface area contributed by atoms with Crippen LogP contribution in [-0.4, -0.2) is 26.9 Å². The van der Waals surface area contributed by atoms with Gasteiger partial charge in [-0.25, -0.2) is 4.98 Å². The molecule has 0 bridgehead atoms. The van der Waals surface area contributed by atoms with Crippen LogP contribution in [0.3, 0.4) is 0 Å². The third kappa shape index (κ3) is 4.52. The Bertz CT molecular complexity index is 899. The largest absolute Gasteiger partial charge is 0.345 e. The Hall–Kier alpha value is -2.63. The van der Waals surface area contributed by atoms with E-state index in [9.17, 15) is 9.59 Å². The van der Waals surface area contributed by atoms with Crippen LogP contribution >= 0.6 is 0 Å². The molecule has 2 heterocycles. The number of aryl methyl sites for hydroxylation is 2. The van der Waals surface area contributed by atoms with Crippen molar-refractivity contribution in [2.45, 2.75) is 78.8 Å². The molecular formula is C23H32N4O2. The fourth-order valence-corrected chi connectivity index (χ4v) is 3.87. The highest BCUT2D eigenvalue weighted by atomic mass is 16.2. The standard InChI is InChI=1S/C23H32N4O2/c1-6-15-11-10-12-16(7-2)18(15)25-21(28)19-17-13-8-9-14-27(17)20(24-19)22(29)26-23(3,4)5/h10-12H,6-9,13-14H2,1-5H3,(H,25,28)(H,26,29). The van der Waals surface area contributed by atoms with Crippen molar-refractivity contribution in [3.05, 3.63) is 46.5 Å². The Kier molecular flexibility index (Phi) is 6.10. The van der Waals surface area contributed by atoms with Crippen LogP contribution in [0.4, 0.5) is 5.69 Å². The van der Waals surface area contributed by atoms with E-state index in [1.165, 1.54) is 0 Å². The van der Waals surface area contributed by atoms with Gasteiger partial charge < -0.3 is 15.2 Å². The summed E-state index contributed by atoms with van der Waals surface area (Å²) in [5.41, 5.74) is 3.96. The van der Waals surface area contributed by atoms with Crippen molar-refractivity contribution in [2.75, 3.05) is 5.32 Å². The Morgan fingerprint density at radius 3 is 2.31 bits per heavy atom. The zero-order valence-corrected chi connectivity index (χ0v) is 18.2. The van der Waals surface area contributed by atoms with Gasteiger partial charge in [0.05, 0.1) is 5.69 Å². The molecule has 2 amide bonds. The molecule has 156 valence electrons. The lowest BCUT2D eigenvalue weighted by molar-refractivity contribution is 0.0903. The van der Waals surface area contributed by atoms with E-state index in [0.717, 1.165) is 54.6 Å². The van der Waals surface area contributed by atoms with Gasteiger partial charge in [0.15, 0.2) is 11.5 Å². The minimum atomic E-state index is -0.364. The number of aromatic nitrogens is 2. The molecule has 0 saturated heterocycles. The molecule has 3 rings (SSSR count). The highest BCUT2D eigenvalue weighted by Gasteiger charge is 2.29. The van der Waals surface area contributed by atoms with Crippen LogP contribution in [0.25, 0.3) is 0 Å². The summed E-state index contributed by atoms with van der Waals surface area (Å²) in [6, 6.07) is 6.11. The van der Waals surface area contributed by atoms with Gasteiger partial charge in [0, 0.05) is 17.8 Å². The molecule has 1 aromatic heterocycles. The third-order valence-electron chi connectivity index (χ3n) is 5.26. The van der Waals surface area contributed by atoms with Crippen LogP contribution in [0.5, 0.6) is 0 Å². The number of rotatable bonds is 5. The molecule has 2 aromatic rings. The number of amides is 2. The first kappa shape index (κ1) is 21.1. The van der Waals surface area contributed by atoms with Gasteiger partial charge in [-0.2, -0.15) is 0 Å². The monoisotopic (exact) mass is 396 g/mol. The number of benzene rings is 1. The Morgan fingerprint density at radius 2 is 1.72 bits per heavy atom. The molecule has 1 aromatic carbocycles. The number of para-hydroxylation sites is 1. The summed E-state index contributed by atoms with van der Waals surface area (Å²) in [5, 5.41) is 6.07. The Labute approximate surface area is 173 Å². The normalized spacial score (nSPS) is 13.7. The number of nitrogens with zero attached hydrogens (tertiary/aromatic N) is 2. The number of hydrogen-bond acceptors (Lipinski definition) is 3. The summed E-state index contributed by atoms with van der Waals surface area (Å²) in [7, 11) is 0. The molecule has 0 aliphatic carbocycles. The van der Waals surface area contributed by atoms with Gasteiger partial charge >= 0.3 is 0 Å². The fourth-order valence-electron chi connectivity index (χ4n) is 3.87. The fraction of sp³-hybridized carbons (Fsp3) is 0.522. The summed E-state index contributed by atoms with van der Waals surface area (Å²) in [4.78, 5) is 30.5. The van der Waals surface area contributed by atoms with Crippen molar-refractivity contribution in [1.82, 2.24) is 14.9 Å². The van der Waals surface area contributed by atoms with E-state index in [4.69, 9.17) is 0 Å². The highest BCUT2D eigenvalue weighted by molar-refractivity contribution is 6.05. The Morgan fingerprint density at radius 1 is 1.07 bits per heavy atom. The second-order valence-corrected chi connectivity index (χ2v) is 8.66. The first-order valence-electron chi connectivity index (χ1n) is 10.6. The molecule has 6 heteroatoms. The summed E-state index contributed by atoms with van der Waals surface area (Å²) < 4.78 is 1.92. The van der Waals surface area contributed by atoms with Crippen LogP contribution in [0.2, 0.25) is 0 Å². The number of imidazole rings is 1. The van der Waals surface area contributed by atoms with Gasteiger partial charge in [-0.3, -0.25) is 9.59 Å². The molecule has 6 nitrogen and oxygen atoms in total. The quantitative estimate of drug-likeness (QED) is 0.798. The first-order valence-corrected chi connectivity index (χ1v) is 10.6. The molecule has 0 radical (unpaired) electrons. The van der Waals surface area contributed by atoms with Crippen molar-refractivity contribution < 1.29 is 9.59 Å². The van der Waals surface area contributed by atoms with Gasteiger partial charge in [-0.1, -0.05) is 32.0 Å². The van der Waals surface area contributed by atoms with Crippen LogP contribution in [0, 0.1) is 0 Å². The molecule has 0 atom stereocenters. The van der Waals surface area contributed by atoms with Crippen molar-refractivity contribution in [1.29, 1.82) is 0 Å². The van der Waals surface area contributed by atoms with Gasteiger partial charge in [0.2, 0.25) is 0 Å². The zero-order chi connectivity index (χ0) is 21.2. The number of hydrogen-bond donors (Lipinski definition) is 2. The van der Waals surface area contributed by atoms with Gasteiger partial charge in [-0.05, 0) is 64.0 Å². The van der Waals surface area contributed by atoms with E-state index in [-0.39, 0.29) is 17.4 Å². The summed E-state index contributed by atoms with van der Waals surface area (Å²) in [5.74, 6) is -0.136. The van der Waals surface area contributed by atoms with E-state index < -0.39 is 0 Å². The van der Waals surface area contributed by atoms with Crippen molar-refractivity contribution >= 4 is 17.5 Å². The molecule has 1 aliphatic rings.